The summed E-state index contributed by atoms with van der Waals surface area (Å²) >= 11 is 0. The number of hydrogen-bond donors (Lipinski definition) is 2. The summed E-state index contributed by atoms with van der Waals surface area (Å²) in [5.74, 6) is -1.56. The molecule has 2 heterocycles. The molecule has 0 atom stereocenters. The van der Waals surface area contributed by atoms with Gasteiger partial charge in [-0.1, -0.05) is 16.4 Å². The van der Waals surface area contributed by atoms with E-state index in [4.69, 9.17) is 9.84 Å². The average molecular weight is 314 g/mol. The molecule has 2 aromatic heterocycles. The maximum atomic E-state index is 13.8. The molecule has 0 aliphatic carbocycles. The summed E-state index contributed by atoms with van der Waals surface area (Å²) in [6, 6.07) is 8.20. The molecule has 0 saturated carbocycles. The summed E-state index contributed by atoms with van der Waals surface area (Å²) in [5.41, 5.74) is 1.55. The third kappa shape index (κ3) is 2.86. The molecule has 116 valence electrons. The molecule has 23 heavy (non-hydrogen) atoms. The Morgan fingerprint density at radius 1 is 1.30 bits per heavy atom. The molecule has 0 amide bonds. The number of halogens is 1. The Hall–Kier alpha value is -3.29. The first kappa shape index (κ1) is 14.6. The van der Waals surface area contributed by atoms with Crippen molar-refractivity contribution in [1.82, 2.24) is 20.4 Å². The lowest BCUT2D eigenvalue weighted by Crippen LogP contribution is -2.00. The molecule has 0 bridgehead atoms. The maximum Gasteiger partial charge on any atom is 0.359 e. The van der Waals surface area contributed by atoms with Gasteiger partial charge in [0.2, 0.25) is 11.6 Å². The van der Waals surface area contributed by atoms with Crippen molar-refractivity contribution < 1.29 is 19.0 Å². The number of aromatic amines is 1. The fourth-order valence-corrected chi connectivity index (χ4v) is 2.13. The number of carboxylic acid groups (broad SMARTS) is 1. The van der Waals surface area contributed by atoms with Gasteiger partial charge in [0.15, 0.2) is 0 Å². The Kier molecular flexibility index (Phi) is 3.71. The van der Waals surface area contributed by atoms with Crippen LogP contribution >= 0.6 is 0 Å². The van der Waals surface area contributed by atoms with Crippen LogP contribution in [0.3, 0.4) is 0 Å². The number of aromatic nitrogens is 4. The predicted molar refractivity (Wildman–Crippen MR) is 77.8 cm³/mol. The van der Waals surface area contributed by atoms with Gasteiger partial charge in [0.25, 0.3) is 5.88 Å². The SMILES string of the molecule is Cc1cc(Oc2nn[nH]c2C(=O)O)ccc1-c1cccnc1F. The van der Waals surface area contributed by atoms with Gasteiger partial charge in [-0.2, -0.15) is 4.39 Å². The Labute approximate surface area is 129 Å². The van der Waals surface area contributed by atoms with E-state index in [0.717, 1.165) is 5.56 Å². The van der Waals surface area contributed by atoms with Crippen molar-refractivity contribution >= 4 is 5.97 Å². The molecular formula is C15H11FN4O3. The number of hydrogen-bond acceptors (Lipinski definition) is 5. The van der Waals surface area contributed by atoms with Crippen molar-refractivity contribution in [3.8, 4) is 22.8 Å². The largest absolute Gasteiger partial charge is 0.476 e. The lowest BCUT2D eigenvalue weighted by molar-refractivity contribution is 0.0687. The number of H-pyrrole nitrogens is 1. The van der Waals surface area contributed by atoms with Crippen molar-refractivity contribution in [1.29, 1.82) is 0 Å². The summed E-state index contributed by atoms with van der Waals surface area (Å²) in [6.07, 6.45) is 1.38. The van der Waals surface area contributed by atoms with Gasteiger partial charge < -0.3 is 9.84 Å². The predicted octanol–water partition coefficient (Wildman–Crippen LogP) is 2.80. The van der Waals surface area contributed by atoms with Crippen LogP contribution in [0.15, 0.2) is 36.5 Å². The Bertz CT molecular complexity index is 879. The number of nitrogens with one attached hydrogen (secondary N) is 1. The van der Waals surface area contributed by atoms with E-state index in [1.165, 1.54) is 6.20 Å². The van der Waals surface area contributed by atoms with Crippen LogP contribution in [-0.4, -0.2) is 31.5 Å². The molecule has 3 rings (SSSR count). The van der Waals surface area contributed by atoms with Gasteiger partial charge >= 0.3 is 5.97 Å². The molecule has 0 unspecified atom stereocenters. The van der Waals surface area contributed by atoms with Crippen molar-refractivity contribution in [2.24, 2.45) is 0 Å². The highest BCUT2D eigenvalue weighted by Crippen LogP contribution is 2.30. The fraction of sp³-hybridized carbons (Fsp3) is 0.0667. The Balaban J connectivity index is 1.92. The second-order valence-corrected chi connectivity index (χ2v) is 4.72. The highest BCUT2D eigenvalue weighted by atomic mass is 19.1. The van der Waals surface area contributed by atoms with E-state index < -0.39 is 11.9 Å². The minimum atomic E-state index is -1.23. The van der Waals surface area contributed by atoms with E-state index in [9.17, 15) is 9.18 Å². The molecule has 0 aliphatic rings. The number of ether oxygens (including phenoxy) is 1. The number of carbonyl (C=O) groups is 1. The van der Waals surface area contributed by atoms with E-state index in [1.54, 1.807) is 37.3 Å². The smallest absolute Gasteiger partial charge is 0.359 e. The molecule has 7 nitrogen and oxygen atoms in total. The first-order valence-electron chi connectivity index (χ1n) is 6.60. The van der Waals surface area contributed by atoms with Crippen molar-refractivity contribution in [2.45, 2.75) is 6.92 Å². The second-order valence-electron chi connectivity index (χ2n) is 4.72. The molecular weight excluding hydrogens is 303 g/mol. The van der Waals surface area contributed by atoms with Crippen LogP contribution in [0.1, 0.15) is 16.1 Å². The minimum absolute atomic E-state index is 0.141. The van der Waals surface area contributed by atoms with E-state index >= 15 is 0 Å². The first-order chi connectivity index (χ1) is 11.1. The van der Waals surface area contributed by atoms with Crippen LogP contribution in [0.5, 0.6) is 11.6 Å². The number of benzene rings is 1. The molecule has 0 saturated heterocycles. The number of aryl methyl sites for hydroxylation is 1. The molecule has 2 N–H and O–H groups in total. The molecule has 1 aromatic carbocycles. The number of aromatic carboxylic acids is 1. The lowest BCUT2D eigenvalue weighted by Gasteiger charge is -2.09. The van der Waals surface area contributed by atoms with Crippen LogP contribution in [0, 0.1) is 12.9 Å². The van der Waals surface area contributed by atoms with Crippen molar-refractivity contribution in [3.05, 3.63) is 53.7 Å². The van der Waals surface area contributed by atoms with Crippen molar-refractivity contribution in [3.63, 3.8) is 0 Å². The highest BCUT2D eigenvalue weighted by Gasteiger charge is 2.17. The zero-order chi connectivity index (χ0) is 16.4. The molecule has 0 fully saturated rings. The van der Waals surface area contributed by atoms with E-state index in [-0.39, 0.29) is 11.6 Å². The normalized spacial score (nSPS) is 10.5. The standard InChI is InChI=1S/C15H11FN4O3/c1-8-7-9(23-14-12(15(21)22)18-20-19-14)4-5-10(8)11-3-2-6-17-13(11)16/h2-7H,1H3,(H,21,22)(H,18,19,20). The first-order valence-corrected chi connectivity index (χ1v) is 6.60. The second kappa shape index (κ2) is 5.84. The number of carboxylic acids is 1. The lowest BCUT2D eigenvalue weighted by atomic mass is 10.0. The summed E-state index contributed by atoms with van der Waals surface area (Å²) in [7, 11) is 0. The van der Waals surface area contributed by atoms with Crippen LogP contribution in [0.4, 0.5) is 4.39 Å². The topological polar surface area (TPSA) is 101 Å². The summed E-state index contributed by atoms with van der Waals surface area (Å²) in [6.45, 7) is 1.79. The van der Waals surface area contributed by atoms with Crippen molar-refractivity contribution in [2.75, 3.05) is 0 Å². The summed E-state index contributed by atoms with van der Waals surface area (Å²) in [4.78, 5) is 14.6. The van der Waals surface area contributed by atoms with E-state index in [1.807, 2.05) is 0 Å². The van der Waals surface area contributed by atoms with E-state index in [2.05, 4.69) is 20.4 Å². The van der Waals surface area contributed by atoms with Crippen LogP contribution < -0.4 is 4.74 Å². The van der Waals surface area contributed by atoms with Gasteiger partial charge in [-0.25, -0.2) is 14.9 Å². The third-order valence-corrected chi connectivity index (χ3v) is 3.19. The molecule has 0 aliphatic heterocycles. The summed E-state index contributed by atoms with van der Waals surface area (Å²) < 4.78 is 19.2. The van der Waals surface area contributed by atoms with E-state index in [0.29, 0.717) is 16.9 Å². The van der Waals surface area contributed by atoms with Gasteiger partial charge in [0.05, 0.1) is 0 Å². The summed E-state index contributed by atoms with van der Waals surface area (Å²) in [5, 5.41) is 18.2. The molecule has 3 aromatic rings. The quantitative estimate of drug-likeness (QED) is 0.718. The highest BCUT2D eigenvalue weighted by molar-refractivity contribution is 5.87. The van der Waals surface area contributed by atoms with Crippen LogP contribution in [0.2, 0.25) is 0 Å². The number of nitrogens with zero attached hydrogens (tertiary/aromatic N) is 3. The van der Waals surface area contributed by atoms with Gasteiger partial charge in [-0.05, 0) is 42.3 Å². The third-order valence-electron chi connectivity index (χ3n) is 3.19. The number of rotatable bonds is 4. The number of pyridine rings is 1. The zero-order valence-electron chi connectivity index (χ0n) is 11.9. The Morgan fingerprint density at radius 3 is 2.83 bits per heavy atom. The fourth-order valence-electron chi connectivity index (χ4n) is 2.13. The van der Waals surface area contributed by atoms with Gasteiger partial charge in [0, 0.05) is 11.8 Å². The van der Waals surface area contributed by atoms with Crippen LogP contribution in [0.25, 0.3) is 11.1 Å². The van der Waals surface area contributed by atoms with Gasteiger partial charge in [0.1, 0.15) is 5.75 Å². The Morgan fingerprint density at radius 2 is 2.13 bits per heavy atom. The maximum absolute atomic E-state index is 13.8. The average Bonchev–Trinajstić information content (AvgIpc) is 2.97. The van der Waals surface area contributed by atoms with Gasteiger partial charge in [-0.3, -0.25) is 0 Å². The van der Waals surface area contributed by atoms with Crippen LogP contribution in [-0.2, 0) is 0 Å². The minimum Gasteiger partial charge on any atom is -0.476 e. The molecule has 8 heteroatoms. The monoisotopic (exact) mass is 314 g/mol. The molecule has 0 radical (unpaired) electrons. The van der Waals surface area contributed by atoms with Gasteiger partial charge in [-0.15, -0.1) is 0 Å². The zero-order valence-corrected chi connectivity index (χ0v) is 11.9. The molecule has 0 spiro atoms.